The number of rotatable bonds is 2. The molecule has 2 aromatic carbocycles. The van der Waals surface area contributed by atoms with E-state index >= 15 is 0 Å². The molecule has 1 heterocycles. The van der Waals surface area contributed by atoms with Crippen molar-refractivity contribution in [3.8, 4) is 0 Å². The Labute approximate surface area is 122 Å². The maximum Gasteiger partial charge on any atom is 0.356 e. The average molecular weight is 279 g/mol. The van der Waals surface area contributed by atoms with Gasteiger partial charge in [0.2, 0.25) is 6.23 Å². The molecule has 1 saturated heterocycles. The van der Waals surface area contributed by atoms with Crippen molar-refractivity contribution in [2.24, 2.45) is 0 Å². The van der Waals surface area contributed by atoms with Crippen LogP contribution in [0.5, 0.6) is 0 Å². The first kappa shape index (κ1) is 13.1. The van der Waals surface area contributed by atoms with Gasteiger partial charge in [-0.3, -0.25) is 9.69 Å². The maximum absolute atomic E-state index is 12.6. The van der Waals surface area contributed by atoms with Crippen molar-refractivity contribution >= 4 is 11.9 Å². The molecule has 4 nitrogen and oxygen atoms in total. The molecule has 1 fully saturated rings. The molecule has 1 aliphatic rings. The minimum Gasteiger partial charge on any atom is -0.432 e. The first-order chi connectivity index (χ1) is 10.2. The molecule has 0 aromatic heterocycles. The number of carbonyl (C=O) groups is 2. The first-order valence-corrected chi connectivity index (χ1v) is 6.52. The monoisotopic (exact) mass is 279 g/mol. The number of hydrogen-bond acceptors (Lipinski definition) is 3. The topological polar surface area (TPSA) is 46.6 Å². The summed E-state index contributed by atoms with van der Waals surface area (Å²) in [6, 6.07) is 17.9. The normalized spacial score (nSPS) is 17.7. The fourth-order valence-corrected chi connectivity index (χ4v) is 2.25. The van der Waals surface area contributed by atoms with E-state index in [-0.39, 0.29) is 11.6 Å². The molecule has 1 unspecified atom stereocenters. The zero-order chi connectivity index (χ0) is 14.8. The van der Waals surface area contributed by atoms with E-state index in [1.165, 1.54) is 4.90 Å². The lowest BCUT2D eigenvalue weighted by molar-refractivity contribution is -0.140. The lowest BCUT2D eigenvalue weighted by Crippen LogP contribution is -2.29. The standard InChI is InChI=1S/C17H13NO3/c1-12-17(20)21-16(14-10-6-3-7-11-14)18(12)15(19)13-8-4-2-5-9-13/h2-11,16H,1H2. The smallest absolute Gasteiger partial charge is 0.356 e. The average Bonchev–Trinajstić information content (AvgIpc) is 2.84. The van der Waals surface area contributed by atoms with Gasteiger partial charge in [-0.2, -0.15) is 0 Å². The molecule has 0 N–H and O–H groups in total. The minimum absolute atomic E-state index is 0.0534. The molecular formula is C17H13NO3. The van der Waals surface area contributed by atoms with Crippen LogP contribution in [0.4, 0.5) is 0 Å². The molecule has 0 spiro atoms. The van der Waals surface area contributed by atoms with Gasteiger partial charge in [-0.05, 0) is 12.1 Å². The molecule has 0 bridgehead atoms. The molecule has 1 atom stereocenters. The van der Waals surface area contributed by atoms with Crippen molar-refractivity contribution in [3.05, 3.63) is 84.1 Å². The molecule has 0 radical (unpaired) electrons. The zero-order valence-corrected chi connectivity index (χ0v) is 11.2. The summed E-state index contributed by atoms with van der Waals surface area (Å²) >= 11 is 0. The largest absolute Gasteiger partial charge is 0.432 e. The number of ether oxygens (including phenoxy) is 1. The maximum atomic E-state index is 12.6. The Morgan fingerprint density at radius 3 is 2.19 bits per heavy atom. The fourth-order valence-electron chi connectivity index (χ4n) is 2.25. The van der Waals surface area contributed by atoms with Gasteiger partial charge in [-0.1, -0.05) is 55.1 Å². The van der Waals surface area contributed by atoms with Gasteiger partial charge < -0.3 is 4.74 Å². The van der Waals surface area contributed by atoms with Gasteiger partial charge in [0.1, 0.15) is 5.70 Å². The minimum atomic E-state index is -0.765. The number of benzene rings is 2. The van der Waals surface area contributed by atoms with Gasteiger partial charge in [0.15, 0.2) is 0 Å². The number of carbonyl (C=O) groups excluding carboxylic acids is 2. The van der Waals surface area contributed by atoms with Gasteiger partial charge in [0.25, 0.3) is 5.91 Å². The van der Waals surface area contributed by atoms with E-state index in [9.17, 15) is 9.59 Å². The van der Waals surface area contributed by atoms with E-state index < -0.39 is 12.2 Å². The predicted octanol–water partition coefficient (Wildman–Crippen LogP) is 2.90. The quantitative estimate of drug-likeness (QED) is 0.627. The molecule has 3 rings (SSSR count). The van der Waals surface area contributed by atoms with Gasteiger partial charge in [0, 0.05) is 11.1 Å². The molecule has 104 valence electrons. The number of cyclic esters (lactones) is 1. The Bertz CT molecular complexity index is 694. The molecule has 1 aliphatic heterocycles. The predicted molar refractivity (Wildman–Crippen MR) is 77.0 cm³/mol. The molecule has 0 aliphatic carbocycles. The lowest BCUT2D eigenvalue weighted by atomic mass is 10.1. The van der Waals surface area contributed by atoms with Crippen LogP contribution in [0.2, 0.25) is 0 Å². The van der Waals surface area contributed by atoms with E-state index in [0.717, 1.165) is 5.56 Å². The van der Waals surface area contributed by atoms with Crippen LogP contribution in [0.15, 0.2) is 72.9 Å². The van der Waals surface area contributed by atoms with E-state index in [1.807, 2.05) is 36.4 Å². The zero-order valence-electron chi connectivity index (χ0n) is 11.2. The summed E-state index contributed by atoms with van der Waals surface area (Å²) in [4.78, 5) is 25.7. The number of amides is 1. The van der Waals surface area contributed by atoms with Crippen molar-refractivity contribution in [1.82, 2.24) is 4.90 Å². The highest BCUT2D eigenvalue weighted by molar-refractivity contribution is 6.02. The fraction of sp³-hybridized carbons (Fsp3) is 0.0588. The second-order valence-corrected chi connectivity index (χ2v) is 4.66. The highest BCUT2D eigenvalue weighted by Gasteiger charge is 2.40. The third-order valence-electron chi connectivity index (χ3n) is 3.30. The third kappa shape index (κ3) is 2.31. The third-order valence-corrected chi connectivity index (χ3v) is 3.30. The number of hydrogen-bond donors (Lipinski definition) is 0. The van der Waals surface area contributed by atoms with E-state index in [4.69, 9.17) is 4.74 Å². The lowest BCUT2D eigenvalue weighted by Gasteiger charge is -2.22. The van der Waals surface area contributed by atoms with Crippen LogP contribution in [0.1, 0.15) is 22.1 Å². The Morgan fingerprint density at radius 1 is 1.00 bits per heavy atom. The van der Waals surface area contributed by atoms with Crippen LogP contribution >= 0.6 is 0 Å². The molecule has 0 saturated carbocycles. The van der Waals surface area contributed by atoms with E-state index in [1.54, 1.807) is 24.3 Å². The van der Waals surface area contributed by atoms with E-state index in [0.29, 0.717) is 5.56 Å². The van der Waals surface area contributed by atoms with Crippen molar-refractivity contribution in [2.75, 3.05) is 0 Å². The van der Waals surface area contributed by atoms with Crippen molar-refractivity contribution in [3.63, 3.8) is 0 Å². The van der Waals surface area contributed by atoms with Crippen LogP contribution < -0.4 is 0 Å². The Balaban J connectivity index is 1.99. The van der Waals surface area contributed by atoms with Crippen molar-refractivity contribution in [2.45, 2.75) is 6.23 Å². The van der Waals surface area contributed by atoms with Gasteiger partial charge in [-0.25, -0.2) is 4.79 Å². The van der Waals surface area contributed by atoms with Gasteiger partial charge >= 0.3 is 5.97 Å². The second-order valence-electron chi connectivity index (χ2n) is 4.66. The van der Waals surface area contributed by atoms with Crippen LogP contribution in [-0.4, -0.2) is 16.8 Å². The summed E-state index contributed by atoms with van der Waals surface area (Å²) in [5, 5.41) is 0. The SMILES string of the molecule is C=C1C(=O)OC(c2ccccc2)N1C(=O)c1ccccc1. The Morgan fingerprint density at radius 2 is 1.57 bits per heavy atom. The Hall–Kier alpha value is -2.88. The molecule has 21 heavy (non-hydrogen) atoms. The summed E-state index contributed by atoms with van der Waals surface area (Å²) in [5.74, 6) is -0.881. The van der Waals surface area contributed by atoms with E-state index in [2.05, 4.69) is 6.58 Å². The summed E-state index contributed by atoms with van der Waals surface area (Å²) < 4.78 is 5.28. The van der Waals surface area contributed by atoms with Gasteiger partial charge in [0.05, 0.1) is 0 Å². The molecule has 2 aromatic rings. The first-order valence-electron chi connectivity index (χ1n) is 6.52. The summed E-state index contributed by atoms with van der Waals surface area (Å²) in [5.41, 5.74) is 1.27. The molecule has 4 heteroatoms. The van der Waals surface area contributed by atoms with Crippen LogP contribution in [0.25, 0.3) is 0 Å². The van der Waals surface area contributed by atoms with Crippen molar-refractivity contribution in [1.29, 1.82) is 0 Å². The van der Waals surface area contributed by atoms with Crippen LogP contribution in [0.3, 0.4) is 0 Å². The number of nitrogens with zero attached hydrogens (tertiary/aromatic N) is 1. The second kappa shape index (κ2) is 5.25. The number of esters is 1. The summed E-state index contributed by atoms with van der Waals surface area (Å²) in [7, 11) is 0. The van der Waals surface area contributed by atoms with Crippen molar-refractivity contribution < 1.29 is 14.3 Å². The van der Waals surface area contributed by atoms with Gasteiger partial charge in [-0.15, -0.1) is 0 Å². The van der Waals surface area contributed by atoms with Crippen LogP contribution in [0, 0.1) is 0 Å². The van der Waals surface area contributed by atoms with Crippen LogP contribution in [-0.2, 0) is 9.53 Å². The Kier molecular flexibility index (Phi) is 3.28. The highest BCUT2D eigenvalue weighted by Crippen LogP contribution is 2.34. The highest BCUT2D eigenvalue weighted by atomic mass is 16.6. The summed E-state index contributed by atoms with van der Waals surface area (Å²) in [6.45, 7) is 3.67. The molecular weight excluding hydrogens is 266 g/mol. The molecule has 1 amide bonds. The summed E-state index contributed by atoms with van der Waals surface area (Å²) in [6.07, 6.45) is -0.765.